The molecular weight excluding hydrogens is 247 g/mol. The van der Waals surface area contributed by atoms with E-state index in [1.165, 1.54) is 25.3 Å². The molecule has 1 aromatic rings. The van der Waals surface area contributed by atoms with E-state index in [4.69, 9.17) is 0 Å². The fourth-order valence-corrected chi connectivity index (χ4v) is 1.82. The Morgan fingerprint density at radius 3 is 2.82 bits per heavy atom. The summed E-state index contributed by atoms with van der Waals surface area (Å²) in [5.74, 6) is -1.67. The van der Waals surface area contributed by atoms with E-state index in [1.54, 1.807) is 0 Å². The van der Waals surface area contributed by atoms with Crippen LogP contribution in [0.15, 0.2) is 18.3 Å². The molecule has 1 rings (SSSR count). The van der Waals surface area contributed by atoms with Crippen molar-refractivity contribution < 1.29 is 17.6 Å². The molecule has 0 radical (unpaired) electrons. The highest BCUT2D eigenvalue weighted by atomic mass is 32.2. The zero-order valence-corrected chi connectivity index (χ0v) is 10.1. The van der Waals surface area contributed by atoms with Crippen LogP contribution in [-0.4, -0.2) is 37.4 Å². The summed E-state index contributed by atoms with van der Waals surface area (Å²) in [5, 5.41) is 2.33. The first kappa shape index (κ1) is 13.6. The molecule has 0 saturated carbocycles. The average molecular weight is 260 g/mol. The molecule has 0 aliphatic heterocycles. The molecule has 5 nitrogen and oxygen atoms in total. The van der Waals surface area contributed by atoms with Crippen LogP contribution in [-0.2, 0) is 9.84 Å². The Balaban J connectivity index is 2.55. The van der Waals surface area contributed by atoms with Crippen molar-refractivity contribution in [1.82, 2.24) is 10.3 Å². The number of carbonyl (C=O) groups is 1. The van der Waals surface area contributed by atoms with Crippen LogP contribution in [0.4, 0.5) is 4.39 Å². The lowest BCUT2D eigenvalue weighted by atomic mass is 10.2. The summed E-state index contributed by atoms with van der Waals surface area (Å²) < 4.78 is 35.4. The van der Waals surface area contributed by atoms with Crippen LogP contribution >= 0.6 is 0 Å². The molecular formula is C10H13FN2O3S. The predicted octanol–water partition coefficient (Wildman–Crippen LogP) is 0.385. The van der Waals surface area contributed by atoms with Crippen LogP contribution < -0.4 is 5.32 Å². The van der Waals surface area contributed by atoms with Crippen molar-refractivity contribution in [3.8, 4) is 0 Å². The van der Waals surface area contributed by atoms with Gasteiger partial charge >= 0.3 is 0 Å². The maximum Gasteiger partial charge on any atom is 0.255 e. The zero-order valence-electron chi connectivity index (χ0n) is 9.31. The monoisotopic (exact) mass is 260 g/mol. The molecule has 0 bridgehead atoms. The summed E-state index contributed by atoms with van der Waals surface area (Å²) in [6.07, 6.45) is 1.23. The molecule has 0 aromatic carbocycles. The van der Waals surface area contributed by atoms with Gasteiger partial charge in [0.25, 0.3) is 5.91 Å². The predicted molar refractivity (Wildman–Crippen MR) is 60.9 cm³/mol. The second-order valence-corrected chi connectivity index (χ2v) is 5.81. The number of hydrogen-bond acceptors (Lipinski definition) is 4. The lowest BCUT2D eigenvalue weighted by Crippen LogP contribution is -2.30. The first-order valence-corrected chi connectivity index (χ1v) is 6.87. The standard InChI is InChI=1S/C10H13FN2O3S/c1-2-17(15,16)7-6-13-10(14)8-4-3-5-12-9(8)11/h3-5H,2,6-7H2,1H3,(H,13,14). The summed E-state index contributed by atoms with van der Waals surface area (Å²) in [7, 11) is -3.13. The molecule has 0 atom stereocenters. The highest BCUT2D eigenvalue weighted by Crippen LogP contribution is 2.02. The molecule has 94 valence electrons. The quantitative estimate of drug-likeness (QED) is 0.777. The molecule has 0 saturated heterocycles. The Labute approximate surface area is 99.0 Å². The highest BCUT2D eigenvalue weighted by molar-refractivity contribution is 7.91. The fraction of sp³-hybridized carbons (Fsp3) is 0.400. The van der Waals surface area contributed by atoms with Crippen molar-refractivity contribution in [2.45, 2.75) is 6.92 Å². The topological polar surface area (TPSA) is 76.1 Å². The molecule has 1 amide bonds. The van der Waals surface area contributed by atoms with Crippen molar-refractivity contribution in [3.63, 3.8) is 0 Å². The molecule has 1 N–H and O–H groups in total. The first-order valence-electron chi connectivity index (χ1n) is 5.05. The summed E-state index contributed by atoms with van der Waals surface area (Å²) in [5.41, 5.74) is -0.193. The molecule has 0 aliphatic carbocycles. The van der Waals surface area contributed by atoms with E-state index in [9.17, 15) is 17.6 Å². The Morgan fingerprint density at radius 2 is 2.24 bits per heavy atom. The SMILES string of the molecule is CCS(=O)(=O)CCNC(=O)c1cccnc1F. The number of aromatic nitrogens is 1. The number of nitrogens with one attached hydrogen (secondary N) is 1. The Kier molecular flexibility index (Phi) is 4.56. The number of pyridine rings is 1. The van der Waals surface area contributed by atoms with Gasteiger partial charge in [-0.25, -0.2) is 13.4 Å². The van der Waals surface area contributed by atoms with Gasteiger partial charge in [0, 0.05) is 18.5 Å². The number of hydrogen-bond donors (Lipinski definition) is 1. The number of rotatable bonds is 5. The van der Waals surface area contributed by atoms with Crippen molar-refractivity contribution >= 4 is 15.7 Å². The van der Waals surface area contributed by atoms with Crippen molar-refractivity contribution in [2.24, 2.45) is 0 Å². The van der Waals surface area contributed by atoms with Crippen molar-refractivity contribution in [3.05, 3.63) is 29.8 Å². The van der Waals surface area contributed by atoms with Gasteiger partial charge in [-0.3, -0.25) is 4.79 Å². The van der Waals surface area contributed by atoms with E-state index in [0.29, 0.717) is 0 Å². The number of nitrogens with zero attached hydrogens (tertiary/aromatic N) is 1. The van der Waals surface area contributed by atoms with E-state index in [-0.39, 0.29) is 23.6 Å². The number of amides is 1. The lowest BCUT2D eigenvalue weighted by Gasteiger charge is -2.05. The molecule has 0 spiro atoms. The van der Waals surface area contributed by atoms with Crippen LogP contribution in [0.3, 0.4) is 0 Å². The van der Waals surface area contributed by atoms with Crippen LogP contribution in [0.2, 0.25) is 0 Å². The second-order valence-electron chi connectivity index (χ2n) is 3.33. The Morgan fingerprint density at radius 1 is 1.53 bits per heavy atom. The minimum atomic E-state index is -3.13. The maximum absolute atomic E-state index is 13.1. The van der Waals surface area contributed by atoms with Crippen LogP contribution in [0.1, 0.15) is 17.3 Å². The second kappa shape index (κ2) is 5.72. The van der Waals surface area contributed by atoms with E-state index in [1.807, 2.05) is 0 Å². The highest BCUT2D eigenvalue weighted by Gasteiger charge is 2.13. The molecule has 0 aliphatic rings. The van der Waals surface area contributed by atoms with Crippen molar-refractivity contribution in [1.29, 1.82) is 0 Å². The Bertz CT molecular complexity index is 502. The number of carbonyl (C=O) groups excluding carboxylic acids is 1. The molecule has 0 fully saturated rings. The van der Waals surface area contributed by atoms with Crippen LogP contribution in [0.5, 0.6) is 0 Å². The maximum atomic E-state index is 13.1. The summed E-state index contributed by atoms with van der Waals surface area (Å²) in [6.45, 7) is 1.49. The average Bonchev–Trinajstić information content (AvgIpc) is 2.29. The molecule has 1 heterocycles. The van der Waals surface area contributed by atoms with Crippen LogP contribution in [0, 0.1) is 5.95 Å². The van der Waals surface area contributed by atoms with Gasteiger partial charge in [-0.05, 0) is 12.1 Å². The molecule has 7 heteroatoms. The van der Waals surface area contributed by atoms with Gasteiger partial charge in [0.05, 0.1) is 11.3 Å². The van der Waals surface area contributed by atoms with Crippen molar-refractivity contribution in [2.75, 3.05) is 18.1 Å². The van der Waals surface area contributed by atoms with Gasteiger partial charge < -0.3 is 5.32 Å². The van der Waals surface area contributed by atoms with E-state index < -0.39 is 21.7 Å². The largest absolute Gasteiger partial charge is 0.351 e. The smallest absolute Gasteiger partial charge is 0.255 e. The fourth-order valence-electron chi connectivity index (χ4n) is 1.12. The van der Waals surface area contributed by atoms with E-state index in [2.05, 4.69) is 10.3 Å². The van der Waals surface area contributed by atoms with Gasteiger partial charge in [-0.15, -0.1) is 0 Å². The van der Waals surface area contributed by atoms with Gasteiger partial charge in [-0.1, -0.05) is 6.92 Å². The summed E-state index contributed by atoms with van der Waals surface area (Å²) in [6, 6.07) is 2.72. The minimum Gasteiger partial charge on any atom is -0.351 e. The van der Waals surface area contributed by atoms with Gasteiger partial charge in [0.2, 0.25) is 5.95 Å². The summed E-state index contributed by atoms with van der Waals surface area (Å²) >= 11 is 0. The third kappa shape index (κ3) is 4.10. The third-order valence-corrected chi connectivity index (χ3v) is 3.85. The Hall–Kier alpha value is -1.50. The van der Waals surface area contributed by atoms with Gasteiger partial charge in [-0.2, -0.15) is 4.39 Å². The third-order valence-electron chi connectivity index (χ3n) is 2.14. The molecule has 17 heavy (non-hydrogen) atoms. The first-order chi connectivity index (χ1) is 7.96. The van der Waals surface area contributed by atoms with E-state index in [0.717, 1.165) is 0 Å². The van der Waals surface area contributed by atoms with Gasteiger partial charge in [0.1, 0.15) is 0 Å². The normalized spacial score (nSPS) is 11.2. The molecule has 1 aromatic heterocycles. The van der Waals surface area contributed by atoms with Crippen LogP contribution in [0.25, 0.3) is 0 Å². The minimum absolute atomic E-state index is 0.0180. The number of halogens is 1. The van der Waals surface area contributed by atoms with E-state index >= 15 is 0 Å². The number of sulfone groups is 1. The molecule has 0 unspecified atom stereocenters. The summed E-state index contributed by atoms with van der Waals surface area (Å²) in [4.78, 5) is 14.8. The lowest BCUT2D eigenvalue weighted by molar-refractivity contribution is 0.0951. The van der Waals surface area contributed by atoms with Gasteiger partial charge in [0.15, 0.2) is 9.84 Å². The zero-order chi connectivity index (χ0) is 12.9.